The Hall–Kier alpha value is -1.33. The van der Waals surface area contributed by atoms with Crippen molar-refractivity contribution < 1.29 is 13.9 Å². The summed E-state index contributed by atoms with van der Waals surface area (Å²) < 4.78 is 11.7. The van der Waals surface area contributed by atoms with Crippen molar-refractivity contribution in [1.82, 2.24) is 9.80 Å². The van der Waals surface area contributed by atoms with Crippen molar-refractivity contribution in [2.75, 3.05) is 26.7 Å². The van der Waals surface area contributed by atoms with E-state index < -0.39 is 0 Å². The number of hydrogen-bond acceptors (Lipinski definition) is 4. The second kappa shape index (κ2) is 8.37. The minimum atomic E-state index is -0.177. The van der Waals surface area contributed by atoms with Gasteiger partial charge in [-0.3, -0.25) is 9.69 Å². The number of ether oxygens (including phenoxy) is 1. The van der Waals surface area contributed by atoms with E-state index in [1.807, 2.05) is 18.0 Å². The van der Waals surface area contributed by atoms with E-state index >= 15 is 0 Å². The number of nitrogens with zero attached hydrogens (tertiary/aromatic N) is 2. The molecule has 0 spiro atoms. The average molecular weight is 351 g/mol. The number of carbonyl (C=O) groups excluding carboxylic acids is 1. The van der Waals surface area contributed by atoms with E-state index in [1.54, 1.807) is 0 Å². The fourth-order valence-corrected chi connectivity index (χ4v) is 3.56. The van der Waals surface area contributed by atoms with Gasteiger partial charge in [0.1, 0.15) is 5.76 Å². The molecule has 1 saturated heterocycles. The third kappa shape index (κ3) is 4.85. The van der Waals surface area contributed by atoms with Gasteiger partial charge < -0.3 is 14.1 Å². The van der Waals surface area contributed by atoms with Crippen LogP contribution in [0.3, 0.4) is 0 Å². The lowest BCUT2D eigenvalue weighted by Crippen LogP contribution is -2.46. The molecule has 5 heteroatoms. The highest BCUT2D eigenvalue weighted by atomic mass is 16.5. The summed E-state index contributed by atoms with van der Waals surface area (Å²) in [6.45, 7) is 14.1. The molecule has 1 aromatic heterocycles. The van der Waals surface area contributed by atoms with Crippen molar-refractivity contribution in [2.24, 2.45) is 0 Å². The Bertz CT molecular complexity index is 575. The minimum Gasteiger partial charge on any atom is -0.456 e. The van der Waals surface area contributed by atoms with E-state index in [4.69, 9.17) is 9.15 Å². The Morgan fingerprint density at radius 1 is 1.28 bits per heavy atom. The zero-order valence-electron chi connectivity index (χ0n) is 16.7. The SMILES string of the molecule is CCc1oc(C(=O)N(C)C2CCOC(C)(C)C2)cc1CN(CC)CC. The van der Waals surface area contributed by atoms with Crippen molar-refractivity contribution in [3.8, 4) is 0 Å². The van der Waals surface area contributed by atoms with Crippen molar-refractivity contribution in [2.45, 2.75) is 72.1 Å². The summed E-state index contributed by atoms with van der Waals surface area (Å²) in [7, 11) is 1.88. The highest BCUT2D eigenvalue weighted by Crippen LogP contribution is 2.28. The van der Waals surface area contributed by atoms with Gasteiger partial charge in [-0.25, -0.2) is 0 Å². The summed E-state index contributed by atoms with van der Waals surface area (Å²) >= 11 is 0. The lowest BCUT2D eigenvalue weighted by Gasteiger charge is -2.39. The van der Waals surface area contributed by atoms with E-state index in [0.29, 0.717) is 12.4 Å². The predicted molar refractivity (Wildman–Crippen MR) is 99.9 cm³/mol. The maximum atomic E-state index is 12.9. The minimum absolute atomic E-state index is 0.0248. The van der Waals surface area contributed by atoms with Gasteiger partial charge >= 0.3 is 0 Å². The lowest BCUT2D eigenvalue weighted by molar-refractivity contribution is -0.0758. The standard InChI is InChI=1S/C20H34N2O3/c1-7-17-15(14-22(8-2)9-3)12-18(25-17)19(23)21(6)16-10-11-24-20(4,5)13-16/h12,16H,7-11,13-14H2,1-6H3. The molecule has 0 N–H and O–H groups in total. The Balaban J connectivity index is 2.14. The van der Waals surface area contributed by atoms with Gasteiger partial charge in [-0.2, -0.15) is 0 Å². The van der Waals surface area contributed by atoms with Crippen LogP contribution in [0.15, 0.2) is 10.5 Å². The van der Waals surface area contributed by atoms with Crippen molar-refractivity contribution in [3.63, 3.8) is 0 Å². The largest absolute Gasteiger partial charge is 0.456 e. The van der Waals surface area contributed by atoms with Crippen LogP contribution < -0.4 is 0 Å². The third-order valence-electron chi connectivity index (χ3n) is 5.26. The fraction of sp³-hybridized carbons (Fsp3) is 0.750. The second-order valence-corrected chi connectivity index (χ2v) is 7.54. The van der Waals surface area contributed by atoms with E-state index in [1.165, 1.54) is 0 Å². The van der Waals surface area contributed by atoms with Crippen LogP contribution in [0.4, 0.5) is 0 Å². The summed E-state index contributed by atoms with van der Waals surface area (Å²) in [6, 6.07) is 2.14. The number of amides is 1. The molecule has 25 heavy (non-hydrogen) atoms. The Morgan fingerprint density at radius 3 is 2.52 bits per heavy atom. The first kappa shape index (κ1) is 20.0. The molecule has 1 aliphatic rings. The van der Waals surface area contributed by atoms with Gasteiger partial charge in [0, 0.05) is 38.2 Å². The van der Waals surface area contributed by atoms with Crippen LogP contribution in [0.25, 0.3) is 0 Å². The molecular weight excluding hydrogens is 316 g/mol. The van der Waals surface area contributed by atoms with Gasteiger partial charge in [0.15, 0.2) is 5.76 Å². The topological polar surface area (TPSA) is 45.9 Å². The second-order valence-electron chi connectivity index (χ2n) is 7.54. The van der Waals surface area contributed by atoms with E-state index in [0.717, 1.165) is 50.2 Å². The molecule has 1 aromatic rings. The van der Waals surface area contributed by atoms with Gasteiger partial charge in [0.25, 0.3) is 5.91 Å². The first-order valence-electron chi connectivity index (χ1n) is 9.56. The van der Waals surface area contributed by atoms with Crippen LogP contribution in [-0.4, -0.2) is 54.1 Å². The molecule has 0 aromatic carbocycles. The molecule has 1 atom stereocenters. The van der Waals surface area contributed by atoms with E-state index in [2.05, 4.69) is 39.5 Å². The van der Waals surface area contributed by atoms with E-state index in [9.17, 15) is 4.79 Å². The van der Waals surface area contributed by atoms with Crippen LogP contribution in [0.2, 0.25) is 0 Å². The van der Waals surface area contributed by atoms with Gasteiger partial charge in [0.05, 0.1) is 5.60 Å². The molecule has 1 aliphatic heterocycles. The van der Waals surface area contributed by atoms with Gasteiger partial charge in [-0.1, -0.05) is 20.8 Å². The Labute approximate surface area is 152 Å². The molecule has 5 nitrogen and oxygen atoms in total. The van der Waals surface area contributed by atoms with Crippen LogP contribution in [0.5, 0.6) is 0 Å². The van der Waals surface area contributed by atoms with Crippen LogP contribution >= 0.6 is 0 Å². The molecule has 1 fully saturated rings. The molecule has 0 aliphatic carbocycles. The summed E-state index contributed by atoms with van der Waals surface area (Å²) in [5.74, 6) is 1.37. The molecule has 0 radical (unpaired) electrons. The number of furan rings is 1. The zero-order valence-corrected chi connectivity index (χ0v) is 16.7. The molecule has 142 valence electrons. The Morgan fingerprint density at radius 2 is 1.96 bits per heavy atom. The van der Waals surface area contributed by atoms with Crippen LogP contribution in [0, 0.1) is 0 Å². The molecule has 0 bridgehead atoms. The molecule has 2 heterocycles. The zero-order chi connectivity index (χ0) is 18.6. The predicted octanol–water partition coefficient (Wildman–Crippen LogP) is 3.71. The van der Waals surface area contributed by atoms with Crippen LogP contribution in [0.1, 0.15) is 69.3 Å². The molecule has 1 unspecified atom stereocenters. The molecule has 1 amide bonds. The van der Waals surface area contributed by atoms with Crippen molar-refractivity contribution >= 4 is 5.91 Å². The normalized spacial score (nSPS) is 20.0. The highest BCUT2D eigenvalue weighted by molar-refractivity contribution is 5.91. The summed E-state index contributed by atoms with van der Waals surface area (Å²) in [5, 5.41) is 0. The number of rotatable bonds is 7. The first-order valence-corrected chi connectivity index (χ1v) is 9.56. The van der Waals surface area contributed by atoms with Crippen molar-refractivity contribution in [1.29, 1.82) is 0 Å². The summed E-state index contributed by atoms with van der Waals surface area (Å²) in [5.41, 5.74) is 0.957. The first-order chi connectivity index (χ1) is 11.8. The Kier molecular flexibility index (Phi) is 6.69. The highest BCUT2D eigenvalue weighted by Gasteiger charge is 2.34. The smallest absolute Gasteiger partial charge is 0.289 e. The fourth-order valence-electron chi connectivity index (χ4n) is 3.56. The monoisotopic (exact) mass is 350 g/mol. The van der Waals surface area contributed by atoms with Crippen LogP contribution in [-0.2, 0) is 17.7 Å². The summed E-state index contributed by atoms with van der Waals surface area (Å²) in [6.07, 6.45) is 2.53. The number of carbonyl (C=O) groups is 1. The summed E-state index contributed by atoms with van der Waals surface area (Å²) in [4.78, 5) is 17.1. The van der Waals surface area contributed by atoms with E-state index in [-0.39, 0.29) is 17.6 Å². The quantitative estimate of drug-likeness (QED) is 0.752. The third-order valence-corrected chi connectivity index (χ3v) is 5.26. The number of aryl methyl sites for hydroxylation is 1. The average Bonchev–Trinajstić information content (AvgIpc) is 3.00. The van der Waals surface area contributed by atoms with Gasteiger partial charge in [-0.05, 0) is 45.8 Å². The van der Waals surface area contributed by atoms with Gasteiger partial charge in [-0.15, -0.1) is 0 Å². The molecular formula is C20H34N2O3. The lowest BCUT2D eigenvalue weighted by atomic mass is 9.93. The maximum Gasteiger partial charge on any atom is 0.289 e. The van der Waals surface area contributed by atoms with Gasteiger partial charge in [0.2, 0.25) is 0 Å². The van der Waals surface area contributed by atoms with Crippen molar-refractivity contribution in [3.05, 3.63) is 23.2 Å². The molecule has 0 saturated carbocycles. The molecule has 2 rings (SSSR count). The number of hydrogen-bond donors (Lipinski definition) is 0. The maximum absolute atomic E-state index is 12.9.